The summed E-state index contributed by atoms with van der Waals surface area (Å²) in [6.45, 7) is 0.609. The van der Waals surface area contributed by atoms with Gasteiger partial charge in [0, 0.05) is 29.9 Å². The summed E-state index contributed by atoms with van der Waals surface area (Å²) >= 11 is 6.03. The summed E-state index contributed by atoms with van der Waals surface area (Å²) < 4.78 is 0. The van der Waals surface area contributed by atoms with E-state index in [4.69, 9.17) is 11.6 Å². The van der Waals surface area contributed by atoms with E-state index in [9.17, 15) is 4.79 Å². The molecular formula is C17H17ClN2O. The van der Waals surface area contributed by atoms with E-state index in [2.05, 4.69) is 10.3 Å². The summed E-state index contributed by atoms with van der Waals surface area (Å²) in [7, 11) is 0. The van der Waals surface area contributed by atoms with Crippen LogP contribution in [0.15, 0.2) is 48.7 Å². The van der Waals surface area contributed by atoms with E-state index in [1.165, 1.54) is 0 Å². The Morgan fingerprint density at radius 1 is 1.24 bits per heavy atom. The van der Waals surface area contributed by atoms with Crippen molar-refractivity contribution in [1.82, 2.24) is 10.3 Å². The van der Waals surface area contributed by atoms with Gasteiger partial charge in [-0.25, -0.2) is 0 Å². The number of nitrogens with one attached hydrogen (secondary N) is 1. The molecule has 2 aromatic rings. The molecule has 0 spiro atoms. The minimum atomic E-state index is -0.366. The highest BCUT2D eigenvalue weighted by Gasteiger charge is 2.51. The lowest BCUT2D eigenvalue weighted by Crippen LogP contribution is -2.36. The smallest absolute Gasteiger partial charge is 0.230 e. The number of hydrogen-bond acceptors (Lipinski definition) is 2. The van der Waals surface area contributed by atoms with Crippen LogP contribution in [0.4, 0.5) is 0 Å². The summed E-state index contributed by atoms with van der Waals surface area (Å²) in [5, 5.41) is 3.71. The highest BCUT2D eigenvalue weighted by molar-refractivity contribution is 6.30. The Labute approximate surface area is 129 Å². The molecule has 1 aliphatic rings. The van der Waals surface area contributed by atoms with Crippen molar-refractivity contribution in [2.45, 2.75) is 24.7 Å². The van der Waals surface area contributed by atoms with Gasteiger partial charge >= 0.3 is 0 Å². The highest BCUT2D eigenvalue weighted by Crippen LogP contribution is 2.48. The lowest BCUT2D eigenvalue weighted by atomic mass is 9.95. The van der Waals surface area contributed by atoms with Crippen molar-refractivity contribution in [1.29, 1.82) is 0 Å². The van der Waals surface area contributed by atoms with Crippen molar-refractivity contribution in [3.05, 3.63) is 64.9 Å². The topological polar surface area (TPSA) is 42.0 Å². The second-order valence-corrected chi connectivity index (χ2v) is 5.86. The first-order valence-corrected chi connectivity index (χ1v) is 7.53. The fourth-order valence-corrected chi connectivity index (χ4v) is 2.77. The number of pyridine rings is 1. The molecule has 0 unspecified atom stereocenters. The fraction of sp³-hybridized carbons (Fsp3) is 0.294. The van der Waals surface area contributed by atoms with Crippen LogP contribution in [0.3, 0.4) is 0 Å². The van der Waals surface area contributed by atoms with Crippen LogP contribution in [-0.4, -0.2) is 17.4 Å². The lowest BCUT2D eigenvalue weighted by molar-refractivity contribution is -0.123. The van der Waals surface area contributed by atoms with Crippen LogP contribution in [0, 0.1) is 0 Å². The molecule has 0 aliphatic heterocycles. The lowest BCUT2D eigenvalue weighted by Gasteiger charge is -2.16. The van der Waals surface area contributed by atoms with Gasteiger partial charge in [0.05, 0.1) is 5.41 Å². The molecule has 1 fully saturated rings. The minimum Gasteiger partial charge on any atom is -0.355 e. The second kappa shape index (κ2) is 5.86. The highest BCUT2D eigenvalue weighted by atomic mass is 35.5. The molecule has 1 aromatic heterocycles. The van der Waals surface area contributed by atoms with Gasteiger partial charge in [0.25, 0.3) is 0 Å². The Morgan fingerprint density at radius 2 is 2.10 bits per heavy atom. The summed E-state index contributed by atoms with van der Waals surface area (Å²) in [4.78, 5) is 16.7. The van der Waals surface area contributed by atoms with Crippen molar-refractivity contribution in [2.24, 2.45) is 0 Å². The third kappa shape index (κ3) is 3.08. The van der Waals surface area contributed by atoms with Crippen LogP contribution >= 0.6 is 11.6 Å². The van der Waals surface area contributed by atoms with Gasteiger partial charge in [0.15, 0.2) is 0 Å². The van der Waals surface area contributed by atoms with E-state index >= 15 is 0 Å². The Bertz CT molecular complexity index is 638. The molecule has 3 nitrogen and oxygen atoms in total. The van der Waals surface area contributed by atoms with Crippen molar-refractivity contribution in [3.63, 3.8) is 0 Å². The molecule has 108 valence electrons. The van der Waals surface area contributed by atoms with Gasteiger partial charge in [0.2, 0.25) is 5.91 Å². The molecule has 0 saturated heterocycles. The zero-order chi connectivity index (χ0) is 14.7. The van der Waals surface area contributed by atoms with Crippen LogP contribution in [0.1, 0.15) is 24.1 Å². The standard InChI is InChI=1S/C17H17ClN2O/c18-14-5-3-4-13(12-14)17(8-9-17)16(21)20-11-7-15-6-1-2-10-19-15/h1-6,10,12H,7-9,11H2,(H,20,21). The summed E-state index contributed by atoms with van der Waals surface area (Å²) in [5.74, 6) is 0.0979. The summed E-state index contributed by atoms with van der Waals surface area (Å²) in [6, 6.07) is 13.4. The molecule has 0 bridgehead atoms. The van der Waals surface area contributed by atoms with Gasteiger partial charge in [-0.05, 0) is 42.7 Å². The number of rotatable bonds is 5. The van der Waals surface area contributed by atoms with Crippen molar-refractivity contribution in [2.75, 3.05) is 6.54 Å². The Balaban J connectivity index is 1.60. The molecule has 1 heterocycles. The molecule has 0 atom stereocenters. The Hall–Kier alpha value is -1.87. The second-order valence-electron chi connectivity index (χ2n) is 5.42. The predicted octanol–water partition coefficient (Wildman–Crippen LogP) is 3.13. The molecule has 1 N–H and O–H groups in total. The van der Waals surface area contributed by atoms with Crippen molar-refractivity contribution in [3.8, 4) is 0 Å². The molecule has 1 aromatic carbocycles. The normalized spacial score (nSPS) is 15.5. The monoisotopic (exact) mass is 300 g/mol. The molecule has 1 amide bonds. The quantitative estimate of drug-likeness (QED) is 0.922. The third-order valence-corrected chi connectivity index (χ3v) is 4.19. The fourth-order valence-electron chi connectivity index (χ4n) is 2.58. The first-order chi connectivity index (χ1) is 10.2. The van der Waals surface area contributed by atoms with Gasteiger partial charge < -0.3 is 5.32 Å². The minimum absolute atomic E-state index is 0.0979. The van der Waals surface area contributed by atoms with E-state index in [1.54, 1.807) is 6.20 Å². The zero-order valence-electron chi connectivity index (χ0n) is 11.7. The molecule has 4 heteroatoms. The Kier molecular flexibility index (Phi) is 3.93. The van der Waals surface area contributed by atoms with Crippen LogP contribution in [0.5, 0.6) is 0 Å². The number of benzene rings is 1. The maximum absolute atomic E-state index is 12.5. The van der Waals surface area contributed by atoms with E-state index in [0.717, 1.165) is 30.5 Å². The molecule has 21 heavy (non-hydrogen) atoms. The van der Waals surface area contributed by atoms with E-state index in [-0.39, 0.29) is 11.3 Å². The number of carbonyl (C=O) groups excluding carboxylic acids is 1. The van der Waals surface area contributed by atoms with Gasteiger partial charge in [-0.2, -0.15) is 0 Å². The first kappa shape index (κ1) is 14.1. The maximum atomic E-state index is 12.5. The van der Waals surface area contributed by atoms with Crippen molar-refractivity contribution < 1.29 is 4.79 Å². The molecule has 3 rings (SSSR count). The van der Waals surface area contributed by atoms with Gasteiger partial charge in [0.1, 0.15) is 0 Å². The molecule has 0 radical (unpaired) electrons. The van der Waals surface area contributed by atoms with E-state index in [1.807, 2.05) is 42.5 Å². The number of carbonyl (C=O) groups is 1. The van der Waals surface area contributed by atoms with Gasteiger partial charge in [-0.3, -0.25) is 9.78 Å². The van der Waals surface area contributed by atoms with Gasteiger partial charge in [-0.15, -0.1) is 0 Å². The maximum Gasteiger partial charge on any atom is 0.230 e. The average molecular weight is 301 g/mol. The van der Waals surface area contributed by atoms with E-state index in [0.29, 0.717) is 11.6 Å². The number of halogens is 1. The number of nitrogens with zero attached hydrogens (tertiary/aromatic N) is 1. The summed E-state index contributed by atoms with van der Waals surface area (Å²) in [6.07, 6.45) is 4.30. The van der Waals surface area contributed by atoms with Gasteiger partial charge in [-0.1, -0.05) is 29.8 Å². The van der Waals surface area contributed by atoms with Crippen LogP contribution in [0.25, 0.3) is 0 Å². The zero-order valence-corrected chi connectivity index (χ0v) is 12.4. The van der Waals surface area contributed by atoms with Crippen molar-refractivity contribution >= 4 is 17.5 Å². The number of amides is 1. The molecule has 1 saturated carbocycles. The molecule has 1 aliphatic carbocycles. The number of hydrogen-bond donors (Lipinski definition) is 1. The van der Waals surface area contributed by atoms with Crippen LogP contribution in [-0.2, 0) is 16.6 Å². The average Bonchev–Trinajstić information content (AvgIpc) is 3.30. The summed E-state index contributed by atoms with van der Waals surface area (Å²) in [5.41, 5.74) is 1.64. The first-order valence-electron chi connectivity index (χ1n) is 7.15. The van der Waals surface area contributed by atoms with Crippen LogP contribution in [0.2, 0.25) is 5.02 Å². The van der Waals surface area contributed by atoms with E-state index < -0.39 is 0 Å². The Morgan fingerprint density at radius 3 is 2.76 bits per heavy atom. The SMILES string of the molecule is O=C(NCCc1ccccn1)C1(c2cccc(Cl)c2)CC1. The largest absolute Gasteiger partial charge is 0.355 e. The number of aromatic nitrogens is 1. The third-order valence-electron chi connectivity index (χ3n) is 3.95. The molecular weight excluding hydrogens is 284 g/mol. The van der Waals surface area contributed by atoms with Crippen LogP contribution < -0.4 is 5.32 Å². The predicted molar refractivity (Wildman–Crippen MR) is 83.3 cm³/mol.